The fraction of sp³-hybridized carbons (Fsp3) is 0.292. The predicted molar refractivity (Wildman–Crippen MR) is 129 cm³/mol. The largest absolute Gasteiger partial charge is 0.504 e. The van der Waals surface area contributed by atoms with Crippen molar-refractivity contribution in [1.29, 1.82) is 0 Å². The highest BCUT2D eigenvalue weighted by molar-refractivity contribution is 7.80. The molecule has 2 heterocycles. The third-order valence-corrected chi connectivity index (χ3v) is 5.92. The van der Waals surface area contributed by atoms with Gasteiger partial charge in [0.15, 0.2) is 16.6 Å². The zero-order valence-corrected chi connectivity index (χ0v) is 19.8. The number of rotatable bonds is 7. The van der Waals surface area contributed by atoms with Crippen LogP contribution in [-0.4, -0.2) is 52.6 Å². The van der Waals surface area contributed by atoms with Crippen LogP contribution >= 0.6 is 12.2 Å². The first-order chi connectivity index (χ1) is 15.9. The van der Waals surface area contributed by atoms with Crippen LogP contribution in [-0.2, 0) is 4.74 Å². The molecule has 8 nitrogen and oxygen atoms in total. The minimum atomic E-state index is -0.404. The zero-order valence-electron chi connectivity index (χ0n) is 19.0. The standard InChI is InChI=1S/C24H26N4O4S/c1-14-6-5-7-17(12-14)22-26-23(32-27-22)20-15(2)28(10-11-30-3)24(33)25-21(20)16-8-9-19(31-4)18(29)13-16/h5-9,12-13,21,29H,10-11H2,1-4H3,(H,25,33). The van der Waals surface area contributed by atoms with Crippen molar-refractivity contribution >= 4 is 22.9 Å². The molecule has 0 fully saturated rings. The molecule has 0 saturated heterocycles. The molecule has 33 heavy (non-hydrogen) atoms. The number of aryl methyl sites for hydroxylation is 1. The lowest BCUT2D eigenvalue weighted by atomic mass is 9.94. The summed E-state index contributed by atoms with van der Waals surface area (Å²) in [5.41, 5.74) is 4.41. The van der Waals surface area contributed by atoms with Gasteiger partial charge >= 0.3 is 0 Å². The van der Waals surface area contributed by atoms with E-state index < -0.39 is 6.04 Å². The number of allylic oxidation sites excluding steroid dienone is 1. The Hall–Kier alpha value is -3.43. The average Bonchev–Trinajstić information content (AvgIpc) is 3.28. The van der Waals surface area contributed by atoms with Crippen molar-refractivity contribution in [2.75, 3.05) is 27.4 Å². The van der Waals surface area contributed by atoms with Gasteiger partial charge in [-0.3, -0.25) is 0 Å². The Bertz CT molecular complexity index is 1210. The summed E-state index contributed by atoms with van der Waals surface area (Å²) in [5, 5.41) is 18.5. The van der Waals surface area contributed by atoms with Crippen LogP contribution in [0.5, 0.6) is 11.5 Å². The number of benzene rings is 2. The second kappa shape index (κ2) is 9.60. The van der Waals surface area contributed by atoms with Crippen LogP contribution in [0.2, 0.25) is 0 Å². The highest BCUT2D eigenvalue weighted by Crippen LogP contribution is 2.39. The van der Waals surface area contributed by atoms with E-state index in [-0.39, 0.29) is 5.75 Å². The number of nitrogens with zero attached hydrogens (tertiary/aromatic N) is 3. The van der Waals surface area contributed by atoms with Crippen LogP contribution in [0.25, 0.3) is 17.0 Å². The Morgan fingerprint density at radius 3 is 2.70 bits per heavy atom. The van der Waals surface area contributed by atoms with Crippen LogP contribution in [0.4, 0.5) is 0 Å². The first-order valence-corrected chi connectivity index (χ1v) is 10.9. The van der Waals surface area contributed by atoms with E-state index in [1.165, 1.54) is 7.11 Å². The Morgan fingerprint density at radius 1 is 1.18 bits per heavy atom. The second-order valence-electron chi connectivity index (χ2n) is 7.75. The van der Waals surface area contributed by atoms with Gasteiger partial charge in [0, 0.05) is 24.9 Å². The van der Waals surface area contributed by atoms with Gasteiger partial charge in [0.25, 0.3) is 5.89 Å². The van der Waals surface area contributed by atoms with Gasteiger partial charge < -0.3 is 29.3 Å². The van der Waals surface area contributed by atoms with Crippen molar-refractivity contribution < 1.29 is 19.1 Å². The number of phenolic OH excluding ortho intramolecular Hbond substituents is 1. The van der Waals surface area contributed by atoms with Gasteiger partial charge in [0.1, 0.15) is 0 Å². The smallest absolute Gasteiger partial charge is 0.258 e. The maximum atomic E-state index is 10.4. The minimum Gasteiger partial charge on any atom is -0.504 e. The summed E-state index contributed by atoms with van der Waals surface area (Å²) in [7, 11) is 3.16. The number of ether oxygens (including phenoxy) is 2. The molecule has 0 saturated carbocycles. The number of aromatic nitrogens is 2. The zero-order chi connectivity index (χ0) is 23.5. The molecule has 1 aliphatic rings. The van der Waals surface area contributed by atoms with Crippen molar-refractivity contribution in [2.45, 2.75) is 19.9 Å². The van der Waals surface area contributed by atoms with Crippen molar-refractivity contribution in [1.82, 2.24) is 20.4 Å². The van der Waals surface area contributed by atoms with E-state index in [0.29, 0.717) is 35.7 Å². The Labute approximate surface area is 197 Å². The number of nitrogens with one attached hydrogen (secondary N) is 1. The molecule has 3 aromatic rings. The molecule has 1 aromatic heterocycles. The number of thiocarbonyl (C=S) groups is 1. The van der Waals surface area contributed by atoms with E-state index in [2.05, 4.69) is 10.5 Å². The molecule has 0 amide bonds. The molecule has 4 rings (SSSR count). The summed E-state index contributed by atoms with van der Waals surface area (Å²) in [5.74, 6) is 1.30. The lowest BCUT2D eigenvalue weighted by molar-refractivity contribution is 0.183. The quantitative estimate of drug-likeness (QED) is 0.500. The first-order valence-electron chi connectivity index (χ1n) is 10.5. The average molecular weight is 467 g/mol. The normalized spacial score (nSPS) is 16.2. The van der Waals surface area contributed by atoms with E-state index >= 15 is 0 Å². The number of aromatic hydroxyl groups is 1. The maximum Gasteiger partial charge on any atom is 0.258 e. The molecule has 0 aliphatic carbocycles. The van der Waals surface area contributed by atoms with E-state index in [1.807, 2.05) is 49.1 Å². The predicted octanol–water partition coefficient (Wildman–Crippen LogP) is 4.07. The lowest BCUT2D eigenvalue weighted by Gasteiger charge is -2.37. The number of hydrogen-bond donors (Lipinski definition) is 2. The highest BCUT2D eigenvalue weighted by Gasteiger charge is 2.34. The summed E-state index contributed by atoms with van der Waals surface area (Å²) in [6.45, 7) is 5.05. The molecule has 9 heteroatoms. The summed E-state index contributed by atoms with van der Waals surface area (Å²) < 4.78 is 16.2. The Kier molecular flexibility index (Phi) is 6.62. The van der Waals surface area contributed by atoms with Crippen LogP contribution in [0, 0.1) is 6.92 Å². The first kappa shape index (κ1) is 22.8. The van der Waals surface area contributed by atoms with Crippen molar-refractivity contribution in [3.05, 3.63) is 65.2 Å². The second-order valence-corrected chi connectivity index (χ2v) is 8.14. The van der Waals surface area contributed by atoms with Gasteiger partial charge in [0.05, 0.1) is 25.3 Å². The minimum absolute atomic E-state index is 0.0347. The third kappa shape index (κ3) is 4.55. The molecule has 0 bridgehead atoms. The van der Waals surface area contributed by atoms with Crippen LogP contribution < -0.4 is 10.1 Å². The number of hydrogen-bond acceptors (Lipinski definition) is 7. The van der Waals surface area contributed by atoms with E-state index in [4.69, 9.17) is 31.2 Å². The monoisotopic (exact) mass is 466 g/mol. The molecule has 2 aromatic carbocycles. The fourth-order valence-corrected chi connectivity index (χ4v) is 4.23. The molecule has 0 spiro atoms. The van der Waals surface area contributed by atoms with Crippen LogP contribution in [0.1, 0.15) is 30.0 Å². The molecular weight excluding hydrogens is 440 g/mol. The van der Waals surface area contributed by atoms with Crippen LogP contribution in [0.15, 0.2) is 52.7 Å². The third-order valence-electron chi connectivity index (χ3n) is 5.58. The molecule has 1 aliphatic heterocycles. The number of methoxy groups -OCH3 is 2. The molecule has 172 valence electrons. The fourth-order valence-electron chi connectivity index (χ4n) is 3.88. The summed E-state index contributed by atoms with van der Waals surface area (Å²) >= 11 is 5.65. The molecule has 0 radical (unpaired) electrons. The number of phenols is 1. The molecular formula is C24H26N4O4S. The molecule has 2 N–H and O–H groups in total. The Morgan fingerprint density at radius 2 is 2.00 bits per heavy atom. The molecule has 1 unspecified atom stereocenters. The van der Waals surface area contributed by atoms with Gasteiger partial charge in [-0.2, -0.15) is 4.98 Å². The van der Waals surface area contributed by atoms with Crippen molar-refractivity contribution in [2.24, 2.45) is 0 Å². The molecule has 1 atom stereocenters. The van der Waals surface area contributed by atoms with Gasteiger partial charge in [-0.05, 0) is 49.8 Å². The van der Waals surface area contributed by atoms with Gasteiger partial charge in [-0.1, -0.05) is 35.0 Å². The van der Waals surface area contributed by atoms with E-state index in [1.54, 1.807) is 19.2 Å². The van der Waals surface area contributed by atoms with Crippen molar-refractivity contribution in [3.63, 3.8) is 0 Å². The van der Waals surface area contributed by atoms with E-state index in [9.17, 15) is 5.11 Å². The van der Waals surface area contributed by atoms with Gasteiger partial charge in [-0.25, -0.2) is 0 Å². The van der Waals surface area contributed by atoms with Crippen molar-refractivity contribution in [3.8, 4) is 22.9 Å². The SMILES string of the molecule is COCCN1C(=S)NC(c2ccc(OC)c(O)c2)C(c2nc(-c3cccc(C)c3)no2)=C1C. The van der Waals surface area contributed by atoms with Gasteiger partial charge in [-0.15, -0.1) is 0 Å². The lowest BCUT2D eigenvalue weighted by Crippen LogP contribution is -2.47. The summed E-state index contributed by atoms with van der Waals surface area (Å²) in [6.07, 6.45) is 0. The van der Waals surface area contributed by atoms with Crippen LogP contribution in [0.3, 0.4) is 0 Å². The van der Waals surface area contributed by atoms with E-state index in [0.717, 1.165) is 28.0 Å². The summed E-state index contributed by atoms with van der Waals surface area (Å²) in [6, 6.07) is 12.8. The maximum absolute atomic E-state index is 10.4. The topological polar surface area (TPSA) is 92.9 Å². The summed E-state index contributed by atoms with van der Waals surface area (Å²) in [4.78, 5) is 6.65. The Balaban J connectivity index is 1.81. The highest BCUT2D eigenvalue weighted by atomic mass is 32.1. The van der Waals surface area contributed by atoms with Gasteiger partial charge in [0.2, 0.25) is 5.82 Å².